The highest BCUT2D eigenvalue weighted by Gasteiger charge is 2.24. The van der Waals surface area contributed by atoms with Crippen molar-refractivity contribution < 1.29 is 28.8 Å². The number of phosphoric acid groups is 1. The summed E-state index contributed by atoms with van der Waals surface area (Å²) in [6, 6.07) is -0.905. The van der Waals surface area contributed by atoms with E-state index < -0.39 is 26.6 Å². The average molecular weight is 786 g/mol. The second kappa shape index (κ2) is 41.9. The number of allylic oxidation sites excluding steroid dienone is 1. The van der Waals surface area contributed by atoms with Gasteiger partial charge in [-0.3, -0.25) is 9.32 Å². The molecule has 0 saturated carbocycles. The normalized spacial score (nSPS) is 13.2. The van der Waals surface area contributed by atoms with Gasteiger partial charge in [0.05, 0.1) is 18.8 Å². The van der Waals surface area contributed by atoms with E-state index >= 15 is 0 Å². The van der Waals surface area contributed by atoms with Crippen LogP contribution in [0.1, 0.15) is 258 Å². The lowest BCUT2D eigenvalue weighted by Gasteiger charge is -2.22. The van der Waals surface area contributed by atoms with E-state index in [0.717, 1.165) is 38.5 Å². The molecule has 2 atom stereocenters. The largest absolute Gasteiger partial charge is 0.469 e. The highest BCUT2D eigenvalue weighted by atomic mass is 31.2. The molecule has 0 saturated heterocycles. The lowest BCUT2D eigenvalue weighted by atomic mass is 10.0. The molecule has 0 unspecified atom stereocenters. The fourth-order valence-electron chi connectivity index (χ4n) is 7.40. The fraction of sp³-hybridized carbons (Fsp3) is 0.935. The van der Waals surface area contributed by atoms with Gasteiger partial charge in [-0.05, 0) is 19.3 Å². The smallest absolute Gasteiger partial charge is 0.387 e. The molecule has 322 valence electrons. The van der Waals surface area contributed by atoms with Gasteiger partial charge in [-0.15, -0.1) is 0 Å². The molecule has 0 bridgehead atoms. The minimum Gasteiger partial charge on any atom is -0.387 e. The summed E-state index contributed by atoms with van der Waals surface area (Å²) in [4.78, 5) is 31.0. The van der Waals surface area contributed by atoms with E-state index in [0.29, 0.717) is 6.42 Å². The van der Waals surface area contributed by atoms with Crippen LogP contribution in [-0.4, -0.2) is 39.6 Å². The number of hydrogen-bond donors (Lipinski definition) is 4. The molecule has 1 amide bonds. The number of amides is 1. The van der Waals surface area contributed by atoms with E-state index in [1.165, 1.54) is 199 Å². The van der Waals surface area contributed by atoms with E-state index in [9.17, 15) is 24.3 Å². The molecule has 0 aliphatic rings. The molecular formula is C46H92NO6P. The van der Waals surface area contributed by atoms with Crippen LogP contribution < -0.4 is 5.32 Å². The first kappa shape index (κ1) is 53.3. The van der Waals surface area contributed by atoms with E-state index in [1.54, 1.807) is 6.08 Å². The molecule has 0 aliphatic heterocycles. The zero-order valence-electron chi connectivity index (χ0n) is 35.9. The van der Waals surface area contributed by atoms with Crippen LogP contribution in [0.2, 0.25) is 0 Å². The van der Waals surface area contributed by atoms with Crippen molar-refractivity contribution >= 4 is 13.7 Å². The number of rotatable bonds is 44. The van der Waals surface area contributed by atoms with E-state index in [4.69, 9.17) is 0 Å². The SMILES string of the molecule is CCCCCCCCCCCCCCCCC/C=C/[C@@H](O)[C@H](COP(=O)(O)O)NC(=O)CCCCCCCCCCCCCCCCCCCCCCC. The van der Waals surface area contributed by atoms with Crippen molar-refractivity contribution in [1.29, 1.82) is 0 Å². The number of carbonyl (C=O) groups is 1. The monoisotopic (exact) mass is 786 g/mol. The van der Waals surface area contributed by atoms with Gasteiger partial charge in [0.25, 0.3) is 0 Å². The first-order valence-corrected chi connectivity index (χ1v) is 25.2. The first-order valence-electron chi connectivity index (χ1n) is 23.6. The summed E-state index contributed by atoms with van der Waals surface area (Å²) >= 11 is 0. The van der Waals surface area contributed by atoms with Crippen LogP contribution >= 0.6 is 7.82 Å². The molecule has 0 rings (SSSR count). The average Bonchev–Trinajstić information content (AvgIpc) is 3.14. The molecule has 7 nitrogen and oxygen atoms in total. The minimum absolute atomic E-state index is 0.220. The van der Waals surface area contributed by atoms with Gasteiger partial charge in [0.15, 0.2) is 0 Å². The lowest BCUT2D eigenvalue weighted by molar-refractivity contribution is -0.123. The van der Waals surface area contributed by atoms with Crippen molar-refractivity contribution in [2.45, 2.75) is 270 Å². The minimum atomic E-state index is -4.71. The van der Waals surface area contributed by atoms with Gasteiger partial charge >= 0.3 is 7.82 Å². The van der Waals surface area contributed by atoms with E-state index in [2.05, 4.69) is 23.7 Å². The summed E-state index contributed by atoms with van der Waals surface area (Å²) in [7, 11) is -4.71. The Kier molecular flexibility index (Phi) is 41.3. The van der Waals surface area contributed by atoms with Crippen LogP contribution in [-0.2, 0) is 13.9 Å². The number of phosphoric ester groups is 1. The second-order valence-electron chi connectivity index (χ2n) is 16.4. The quantitative estimate of drug-likeness (QED) is 0.0278. The Morgan fingerprint density at radius 1 is 0.519 bits per heavy atom. The number of unbranched alkanes of at least 4 members (excludes halogenated alkanes) is 35. The Hall–Kier alpha value is -0.720. The predicted molar refractivity (Wildman–Crippen MR) is 232 cm³/mol. The Balaban J connectivity index is 3.86. The number of nitrogens with one attached hydrogen (secondary N) is 1. The van der Waals surface area contributed by atoms with Crippen molar-refractivity contribution in [3.05, 3.63) is 12.2 Å². The van der Waals surface area contributed by atoms with E-state index in [-0.39, 0.29) is 5.91 Å². The Morgan fingerprint density at radius 2 is 0.815 bits per heavy atom. The van der Waals surface area contributed by atoms with Crippen LogP contribution in [0.4, 0.5) is 0 Å². The van der Waals surface area contributed by atoms with E-state index in [1.807, 2.05) is 6.08 Å². The molecule has 0 aromatic rings. The van der Waals surface area contributed by atoms with Crippen molar-refractivity contribution in [2.24, 2.45) is 0 Å². The van der Waals surface area contributed by atoms with Gasteiger partial charge in [-0.1, -0.05) is 244 Å². The summed E-state index contributed by atoms with van der Waals surface area (Å²) in [5.41, 5.74) is 0. The Morgan fingerprint density at radius 3 is 1.13 bits per heavy atom. The summed E-state index contributed by atoms with van der Waals surface area (Å²) < 4.78 is 16.0. The van der Waals surface area contributed by atoms with Crippen molar-refractivity contribution in [2.75, 3.05) is 6.61 Å². The number of aliphatic hydroxyl groups excluding tert-OH is 1. The van der Waals surface area contributed by atoms with Gasteiger partial charge in [0, 0.05) is 6.42 Å². The molecule has 0 aliphatic carbocycles. The molecule has 0 fully saturated rings. The van der Waals surface area contributed by atoms with Gasteiger partial charge in [0.1, 0.15) is 0 Å². The fourth-order valence-corrected chi connectivity index (χ4v) is 7.76. The summed E-state index contributed by atoms with van der Waals surface area (Å²) in [5.74, 6) is -0.220. The molecular weight excluding hydrogens is 693 g/mol. The van der Waals surface area contributed by atoms with Gasteiger partial charge in [-0.25, -0.2) is 4.57 Å². The third-order valence-electron chi connectivity index (χ3n) is 11.0. The Labute approximate surface area is 335 Å². The van der Waals surface area contributed by atoms with Crippen LogP contribution in [0, 0.1) is 0 Å². The highest BCUT2D eigenvalue weighted by Crippen LogP contribution is 2.36. The van der Waals surface area contributed by atoms with Crippen LogP contribution in [0.5, 0.6) is 0 Å². The summed E-state index contributed by atoms with van der Waals surface area (Å²) in [5, 5.41) is 13.4. The lowest BCUT2D eigenvalue weighted by Crippen LogP contribution is -2.45. The maximum absolute atomic E-state index is 12.6. The molecule has 0 aromatic heterocycles. The van der Waals surface area contributed by atoms with Crippen molar-refractivity contribution in [3.8, 4) is 0 Å². The molecule has 0 radical (unpaired) electrons. The third-order valence-corrected chi connectivity index (χ3v) is 11.5. The molecule has 4 N–H and O–H groups in total. The summed E-state index contributed by atoms with van der Waals surface area (Å²) in [6.45, 7) is 4.11. The number of hydrogen-bond acceptors (Lipinski definition) is 4. The number of carbonyl (C=O) groups excluding carboxylic acids is 1. The number of aliphatic hydroxyl groups is 1. The highest BCUT2D eigenvalue weighted by molar-refractivity contribution is 7.46. The third kappa shape index (κ3) is 42.4. The van der Waals surface area contributed by atoms with Gasteiger partial charge in [-0.2, -0.15) is 0 Å². The second-order valence-corrected chi connectivity index (χ2v) is 17.7. The Bertz CT molecular complexity index is 849. The predicted octanol–water partition coefficient (Wildman–Crippen LogP) is 14.4. The van der Waals surface area contributed by atoms with Crippen LogP contribution in [0.15, 0.2) is 12.2 Å². The maximum atomic E-state index is 12.6. The molecule has 54 heavy (non-hydrogen) atoms. The topological polar surface area (TPSA) is 116 Å². The van der Waals surface area contributed by atoms with Crippen LogP contribution in [0.3, 0.4) is 0 Å². The standard InChI is InChI=1S/C46H92NO6P/c1-3-5-7-9-11-13-15-17-19-21-22-23-24-26-28-30-32-34-36-38-40-42-46(49)47-44(43-53-54(50,51)52)45(48)41-39-37-35-33-31-29-27-25-20-18-16-14-12-10-8-6-4-2/h39,41,44-45,48H,3-38,40,42-43H2,1-2H3,(H,47,49)(H2,50,51,52)/b41-39+/t44-,45+/m0/s1. The molecule has 8 heteroatoms. The zero-order chi connectivity index (χ0) is 39.6. The molecule has 0 spiro atoms. The van der Waals surface area contributed by atoms with Gasteiger partial charge < -0.3 is 20.2 Å². The first-order chi connectivity index (χ1) is 26.3. The van der Waals surface area contributed by atoms with Crippen LogP contribution in [0.25, 0.3) is 0 Å². The van der Waals surface area contributed by atoms with Gasteiger partial charge in [0.2, 0.25) is 5.91 Å². The molecule has 0 heterocycles. The molecule has 0 aromatic carbocycles. The summed E-state index contributed by atoms with van der Waals surface area (Å²) in [6.07, 6.45) is 51.0. The van der Waals surface area contributed by atoms with Crippen molar-refractivity contribution in [3.63, 3.8) is 0 Å². The van der Waals surface area contributed by atoms with Crippen molar-refractivity contribution in [1.82, 2.24) is 5.32 Å². The zero-order valence-corrected chi connectivity index (χ0v) is 36.8. The maximum Gasteiger partial charge on any atom is 0.469 e.